The topological polar surface area (TPSA) is 67.8 Å². The largest absolute Gasteiger partial charge is 0.290 e. The maximum Gasteiger partial charge on any atom is 0.258 e. The molecule has 102 valence electrons. The summed E-state index contributed by atoms with van der Waals surface area (Å²) in [5.41, 5.74) is 2.15. The molecular formula is C16H12N4O. The van der Waals surface area contributed by atoms with Crippen molar-refractivity contribution in [3.05, 3.63) is 72.7 Å². The Bertz CT molecular complexity index is 727. The van der Waals surface area contributed by atoms with Crippen molar-refractivity contribution < 1.29 is 4.79 Å². The van der Waals surface area contributed by atoms with E-state index in [1.807, 2.05) is 24.3 Å². The lowest BCUT2D eigenvalue weighted by molar-refractivity contribution is 0.102. The van der Waals surface area contributed by atoms with Crippen molar-refractivity contribution in [2.24, 2.45) is 0 Å². The highest BCUT2D eigenvalue weighted by atomic mass is 16.1. The molecule has 0 spiro atoms. The number of hydrogen-bond donors (Lipinski definition) is 1. The highest BCUT2D eigenvalue weighted by molar-refractivity contribution is 6.03. The minimum absolute atomic E-state index is 0.235. The molecular weight excluding hydrogens is 264 g/mol. The van der Waals surface area contributed by atoms with Gasteiger partial charge in [-0.3, -0.25) is 15.1 Å². The first kappa shape index (κ1) is 12.9. The lowest BCUT2D eigenvalue weighted by Gasteiger charge is -2.04. The van der Waals surface area contributed by atoms with E-state index in [1.165, 1.54) is 0 Å². The Hall–Kier alpha value is -3.08. The Labute approximate surface area is 121 Å². The van der Waals surface area contributed by atoms with Crippen molar-refractivity contribution in [2.75, 3.05) is 5.32 Å². The molecule has 21 heavy (non-hydrogen) atoms. The zero-order chi connectivity index (χ0) is 14.5. The summed E-state index contributed by atoms with van der Waals surface area (Å²) in [5, 5.41) is 2.66. The third-order valence-corrected chi connectivity index (χ3v) is 2.87. The third kappa shape index (κ3) is 3.09. The van der Waals surface area contributed by atoms with Crippen LogP contribution < -0.4 is 5.32 Å². The van der Waals surface area contributed by atoms with Crippen LogP contribution in [0.3, 0.4) is 0 Å². The molecule has 0 saturated carbocycles. The summed E-state index contributed by atoms with van der Waals surface area (Å²) in [6.07, 6.45) is 4.98. The molecule has 0 unspecified atom stereocenters. The zero-order valence-corrected chi connectivity index (χ0v) is 11.1. The van der Waals surface area contributed by atoms with Gasteiger partial charge in [-0.15, -0.1) is 0 Å². The molecule has 1 amide bonds. The molecule has 5 heteroatoms. The number of carbonyl (C=O) groups excluding carboxylic acids is 1. The molecule has 1 aromatic carbocycles. The first-order valence-electron chi connectivity index (χ1n) is 6.43. The monoisotopic (exact) mass is 276 g/mol. The molecule has 3 rings (SSSR count). The Kier molecular flexibility index (Phi) is 3.64. The summed E-state index contributed by atoms with van der Waals surface area (Å²) in [4.78, 5) is 24.5. The van der Waals surface area contributed by atoms with Crippen LogP contribution in [0.4, 0.5) is 5.95 Å². The summed E-state index contributed by atoms with van der Waals surface area (Å²) in [7, 11) is 0. The van der Waals surface area contributed by atoms with Crippen LogP contribution in [0.1, 0.15) is 10.4 Å². The molecule has 0 bridgehead atoms. The molecule has 5 nitrogen and oxygen atoms in total. The molecule has 0 radical (unpaired) electrons. The number of amides is 1. The number of anilines is 1. The molecule has 0 atom stereocenters. The van der Waals surface area contributed by atoms with Gasteiger partial charge in [0.15, 0.2) is 0 Å². The van der Waals surface area contributed by atoms with E-state index in [0.29, 0.717) is 5.56 Å². The van der Waals surface area contributed by atoms with Gasteiger partial charge >= 0.3 is 0 Å². The van der Waals surface area contributed by atoms with Gasteiger partial charge in [-0.1, -0.05) is 24.3 Å². The van der Waals surface area contributed by atoms with Gasteiger partial charge in [0.2, 0.25) is 5.95 Å². The smallest absolute Gasteiger partial charge is 0.258 e. The number of benzene rings is 1. The van der Waals surface area contributed by atoms with Crippen molar-refractivity contribution in [3.63, 3.8) is 0 Å². The second kappa shape index (κ2) is 5.92. The second-order valence-electron chi connectivity index (χ2n) is 4.33. The standard InChI is InChI=1S/C16H12N4O/c21-15(12-6-2-1-3-7-12)20-16-18-10-13(11-19-16)14-8-4-5-9-17-14/h1-11H,(H,18,19,20,21). The number of pyridine rings is 1. The normalized spacial score (nSPS) is 10.1. The third-order valence-electron chi connectivity index (χ3n) is 2.87. The molecule has 1 N–H and O–H groups in total. The van der Waals surface area contributed by atoms with Gasteiger partial charge in [0.25, 0.3) is 5.91 Å². The molecule has 0 fully saturated rings. The fourth-order valence-corrected chi connectivity index (χ4v) is 1.82. The Morgan fingerprint density at radius 1 is 0.857 bits per heavy atom. The molecule has 0 saturated heterocycles. The minimum atomic E-state index is -0.235. The van der Waals surface area contributed by atoms with Crippen LogP contribution in [0.5, 0.6) is 0 Å². The molecule has 0 aliphatic heterocycles. The highest BCUT2D eigenvalue weighted by Gasteiger charge is 2.07. The Morgan fingerprint density at radius 2 is 1.57 bits per heavy atom. The fraction of sp³-hybridized carbons (Fsp3) is 0. The summed E-state index contributed by atoms with van der Waals surface area (Å²) < 4.78 is 0. The van der Waals surface area contributed by atoms with Gasteiger partial charge in [0, 0.05) is 29.7 Å². The van der Waals surface area contributed by atoms with Gasteiger partial charge in [-0.25, -0.2) is 9.97 Å². The van der Waals surface area contributed by atoms with E-state index in [9.17, 15) is 4.79 Å². The van der Waals surface area contributed by atoms with Crippen LogP contribution >= 0.6 is 0 Å². The van der Waals surface area contributed by atoms with Crippen molar-refractivity contribution in [1.29, 1.82) is 0 Å². The number of aromatic nitrogens is 3. The molecule has 0 aliphatic carbocycles. The van der Waals surface area contributed by atoms with Crippen LogP contribution in [0.25, 0.3) is 11.3 Å². The van der Waals surface area contributed by atoms with E-state index < -0.39 is 0 Å². The fourth-order valence-electron chi connectivity index (χ4n) is 1.82. The minimum Gasteiger partial charge on any atom is -0.290 e. The average Bonchev–Trinajstić information content (AvgIpc) is 2.57. The number of nitrogens with zero attached hydrogens (tertiary/aromatic N) is 3. The number of hydrogen-bond acceptors (Lipinski definition) is 4. The lowest BCUT2D eigenvalue weighted by Crippen LogP contribution is -2.13. The summed E-state index contributed by atoms with van der Waals surface area (Å²) in [6, 6.07) is 14.6. The molecule has 0 aliphatic rings. The van der Waals surface area contributed by atoms with Gasteiger partial charge in [-0.05, 0) is 24.3 Å². The van der Waals surface area contributed by atoms with Crippen molar-refractivity contribution in [3.8, 4) is 11.3 Å². The summed E-state index contributed by atoms with van der Waals surface area (Å²) in [5.74, 6) is 0.0321. The highest BCUT2D eigenvalue weighted by Crippen LogP contribution is 2.14. The van der Waals surface area contributed by atoms with E-state index in [2.05, 4.69) is 20.3 Å². The van der Waals surface area contributed by atoms with Crippen molar-refractivity contribution >= 4 is 11.9 Å². The number of rotatable bonds is 3. The quantitative estimate of drug-likeness (QED) is 0.798. The maximum absolute atomic E-state index is 12.0. The van der Waals surface area contributed by atoms with Gasteiger partial charge in [0.05, 0.1) is 5.69 Å². The van der Waals surface area contributed by atoms with Crippen molar-refractivity contribution in [1.82, 2.24) is 15.0 Å². The first-order valence-corrected chi connectivity index (χ1v) is 6.43. The Morgan fingerprint density at radius 3 is 2.24 bits per heavy atom. The number of carbonyl (C=O) groups is 1. The van der Waals surface area contributed by atoms with Crippen LogP contribution in [-0.2, 0) is 0 Å². The SMILES string of the molecule is O=C(Nc1ncc(-c2ccccn2)cn1)c1ccccc1. The Balaban J connectivity index is 1.75. The van der Waals surface area contributed by atoms with Crippen LogP contribution in [0.2, 0.25) is 0 Å². The predicted molar refractivity (Wildman–Crippen MR) is 79.7 cm³/mol. The number of nitrogens with one attached hydrogen (secondary N) is 1. The van der Waals surface area contributed by atoms with E-state index in [-0.39, 0.29) is 11.9 Å². The van der Waals surface area contributed by atoms with E-state index >= 15 is 0 Å². The molecule has 2 heterocycles. The lowest BCUT2D eigenvalue weighted by atomic mass is 10.2. The second-order valence-corrected chi connectivity index (χ2v) is 4.33. The maximum atomic E-state index is 12.0. The van der Waals surface area contributed by atoms with Crippen LogP contribution in [0, 0.1) is 0 Å². The summed E-state index contributed by atoms with van der Waals surface area (Å²) >= 11 is 0. The van der Waals surface area contributed by atoms with E-state index in [4.69, 9.17) is 0 Å². The average molecular weight is 276 g/mol. The summed E-state index contributed by atoms with van der Waals surface area (Å²) in [6.45, 7) is 0. The van der Waals surface area contributed by atoms with Gasteiger partial charge in [0.1, 0.15) is 0 Å². The van der Waals surface area contributed by atoms with E-state index in [1.54, 1.807) is 42.9 Å². The predicted octanol–water partition coefficient (Wildman–Crippen LogP) is 2.79. The van der Waals surface area contributed by atoms with Gasteiger partial charge < -0.3 is 0 Å². The molecule has 2 aromatic heterocycles. The first-order chi connectivity index (χ1) is 10.3. The van der Waals surface area contributed by atoms with Crippen LogP contribution in [0.15, 0.2) is 67.1 Å². The zero-order valence-electron chi connectivity index (χ0n) is 11.1. The van der Waals surface area contributed by atoms with Gasteiger partial charge in [-0.2, -0.15) is 0 Å². The molecule has 3 aromatic rings. The van der Waals surface area contributed by atoms with E-state index in [0.717, 1.165) is 11.3 Å². The van der Waals surface area contributed by atoms with Crippen molar-refractivity contribution in [2.45, 2.75) is 0 Å². The van der Waals surface area contributed by atoms with Crippen LogP contribution in [-0.4, -0.2) is 20.9 Å².